The lowest BCUT2D eigenvalue weighted by Crippen LogP contribution is -2.46. The van der Waals surface area contributed by atoms with Crippen molar-refractivity contribution in [2.75, 3.05) is 5.32 Å². The molecular formula is C28H25ClN6O3S. The molecule has 1 fully saturated rings. The minimum absolute atomic E-state index is 0.0685. The summed E-state index contributed by atoms with van der Waals surface area (Å²) in [6.45, 7) is 0. The molecule has 1 aliphatic rings. The van der Waals surface area contributed by atoms with Gasteiger partial charge in [0.05, 0.1) is 15.8 Å². The van der Waals surface area contributed by atoms with Crippen LogP contribution in [0.1, 0.15) is 42.5 Å². The number of aromatic nitrogens is 4. The Morgan fingerprint density at radius 3 is 2.62 bits per heavy atom. The Balaban J connectivity index is 1.22. The average Bonchev–Trinajstić information content (AvgIpc) is 3.55. The van der Waals surface area contributed by atoms with E-state index in [2.05, 4.69) is 25.8 Å². The largest absolute Gasteiger partial charge is 0.480 e. The smallest absolute Gasteiger partial charge is 0.326 e. The third-order valence-corrected chi connectivity index (χ3v) is 8.27. The number of halogens is 1. The van der Waals surface area contributed by atoms with Gasteiger partial charge in [-0.25, -0.2) is 9.78 Å². The molecule has 0 aliphatic heterocycles. The van der Waals surface area contributed by atoms with Crippen molar-refractivity contribution in [1.82, 2.24) is 24.9 Å². The summed E-state index contributed by atoms with van der Waals surface area (Å²) in [6, 6.07) is 15.7. The van der Waals surface area contributed by atoms with Crippen LogP contribution in [0.25, 0.3) is 27.3 Å². The SMILES string of the molecule is O=C(N[C@H](C(=O)O)C1CCCCC1)c1cccn2c(-c3ccc(Nc4nc5ccc(Cl)cc5s4)cc3)nnc12. The minimum atomic E-state index is -1.01. The number of nitrogens with one attached hydrogen (secondary N) is 2. The third kappa shape index (κ3) is 5.17. The number of carbonyl (C=O) groups excluding carboxylic acids is 1. The highest BCUT2D eigenvalue weighted by atomic mass is 35.5. The van der Waals surface area contributed by atoms with Gasteiger partial charge in [-0.2, -0.15) is 0 Å². The molecule has 3 N–H and O–H groups in total. The Kier molecular flexibility index (Phi) is 6.88. The summed E-state index contributed by atoms with van der Waals surface area (Å²) in [6.07, 6.45) is 6.46. The van der Waals surface area contributed by atoms with Crippen LogP contribution in [0.15, 0.2) is 60.8 Å². The lowest BCUT2D eigenvalue weighted by atomic mass is 9.84. The molecule has 1 atom stereocenters. The van der Waals surface area contributed by atoms with E-state index in [-0.39, 0.29) is 11.5 Å². The molecule has 2 aromatic carbocycles. The maximum Gasteiger partial charge on any atom is 0.326 e. The number of fused-ring (bicyclic) bond motifs is 2. The number of amides is 1. The van der Waals surface area contributed by atoms with E-state index in [0.717, 1.165) is 58.7 Å². The number of nitrogens with zero attached hydrogens (tertiary/aromatic N) is 4. The number of benzene rings is 2. The van der Waals surface area contributed by atoms with Crippen LogP contribution in [0.2, 0.25) is 5.02 Å². The summed E-state index contributed by atoms with van der Waals surface area (Å²) in [7, 11) is 0. The Morgan fingerprint density at radius 1 is 1.05 bits per heavy atom. The van der Waals surface area contributed by atoms with Crippen molar-refractivity contribution in [2.45, 2.75) is 38.1 Å². The predicted molar refractivity (Wildman–Crippen MR) is 152 cm³/mol. The highest BCUT2D eigenvalue weighted by Gasteiger charge is 2.31. The molecule has 5 aromatic rings. The van der Waals surface area contributed by atoms with Gasteiger partial charge < -0.3 is 15.7 Å². The molecule has 11 heteroatoms. The highest BCUT2D eigenvalue weighted by Crippen LogP contribution is 2.31. The van der Waals surface area contributed by atoms with E-state index in [4.69, 9.17) is 11.6 Å². The van der Waals surface area contributed by atoms with Crippen LogP contribution in [-0.4, -0.2) is 42.6 Å². The molecule has 198 valence electrons. The quantitative estimate of drug-likeness (QED) is 0.218. The molecule has 9 nitrogen and oxygen atoms in total. The van der Waals surface area contributed by atoms with Crippen LogP contribution in [0.4, 0.5) is 10.8 Å². The zero-order chi connectivity index (χ0) is 26.9. The van der Waals surface area contributed by atoms with E-state index in [0.29, 0.717) is 16.5 Å². The maximum atomic E-state index is 13.2. The van der Waals surface area contributed by atoms with Gasteiger partial charge in [-0.1, -0.05) is 42.2 Å². The van der Waals surface area contributed by atoms with E-state index in [1.54, 1.807) is 22.7 Å². The van der Waals surface area contributed by atoms with Crippen LogP contribution >= 0.6 is 22.9 Å². The molecule has 0 bridgehead atoms. The van der Waals surface area contributed by atoms with Gasteiger partial charge in [-0.05, 0) is 73.4 Å². The molecule has 0 radical (unpaired) electrons. The molecule has 1 aliphatic carbocycles. The van der Waals surface area contributed by atoms with Gasteiger partial charge >= 0.3 is 5.97 Å². The first kappa shape index (κ1) is 25.3. The number of carbonyl (C=O) groups is 2. The van der Waals surface area contributed by atoms with E-state index < -0.39 is 17.9 Å². The fraction of sp³-hybridized carbons (Fsp3) is 0.250. The van der Waals surface area contributed by atoms with Gasteiger partial charge in [0.1, 0.15) is 6.04 Å². The maximum absolute atomic E-state index is 13.2. The lowest BCUT2D eigenvalue weighted by molar-refractivity contribution is -0.141. The van der Waals surface area contributed by atoms with Crippen molar-refractivity contribution >= 4 is 61.5 Å². The van der Waals surface area contributed by atoms with Crippen LogP contribution in [-0.2, 0) is 4.79 Å². The fourth-order valence-electron chi connectivity index (χ4n) is 5.14. The first-order valence-corrected chi connectivity index (χ1v) is 14.0. The predicted octanol–water partition coefficient (Wildman–Crippen LogP) is 6.17. The van der Waals surface area contributed by atoms with Crippen molar-refractivity contribution in [1.29, 1.82) is 0 Å². The van der Waals surface area contributed by atoms with Crippen LogP contribution in [0, 0.1) is 5.92 Å². The van der Waals surface area contributed by atoms with E-state index in [1.807, 2.05) is 42.5 Å². The van der Waals surface area contributed by atoms with Gasteiger partial charge in [0.25, 0.3) is 5.91 Å². The van der Waals surface area contributed by atoms with Gasteiger partial charge in [-0.15, -0.1) is 10.2 Å². The first-order chi connectivity index (χ1) is 19.0. The molecule has 0 saturated heterocycles. The van der Waals surface area contributed by atoms with Crippen LogP contribution in [0.3, 0.4) is 0 Å². The second-order valence-corrected chi connectivity index (χ2v) is 11.1. The zero-order valence-corrected chi connectivity index (χ0v) is 22.4. The van der Waals surface area contributed by atoms with Crippen molar-refractivity contribution in [3.8, 4) is 11.4 Å². The second kappa shape index (κ2) is 10.6. The van der Waals surface area contributed by atoms with Gasteiger partial charge in [0.2, 0.25) is 0 Å². The number of rotatable bonds is 7. The number of hydrogen-bond acceptors (Lipinski definition) is 7. The molecule has 1 amide bonds. The van der Waals surface area contributed by atoms with Gasteiger partial charge in [0, 0.05) is 22.5 Å². The third-order valence-electron chi connectivity index (χ3n) is 7.10. The number of pyridine rings is 1. The molecule has 39 heavy (non-hydrogen) atoms. The average molecular weight is 561 g/mol. The molecule has 3 heterocycles. The summed E-state index contributed by atoms with van der Waals surface area (Å²) in [5, 5.41) is 25.9. The van der Waals surface area contributed by atoms with E-state index >= 15 is 0 Å². The van der Waals surface area contributed by atoms with Crippen molar-refractivity contribution in [3.63, 3.8) is 0 Å². The Bertz CT molecular complexity index is 1680. The van der Waals surface area contributed by atoms with E-state index in [9.17, 15) is 14.7 Å². The molecule has 0 spiro atoms. The van der Waals surface area contributed by atoms with Crippen LogP contribution in [0.5, 0.6) is 0 Å². The first-order valence-electron chi connectivity index (χ1n) is 12.8. The summed E-state index contributed by atoms with van der Waals surface area (Å²) < 4.78 is 2.75. The molecule has 0 unspecified atom stereocenters. The molecule has 1 saturated carbocycles. The second-order valence-electron chi connectivity index (χ2n) is 9.66. The molecular weight excluding hydrogens is 536 g/mol. The van der Waals surface area contributed by atoms with Gasteiger partial charge in [-0.3, -0.25) is 9.20 Å². The number of aliphatic carboxylic acids is 1. The number of thiazole rings is 1. The minimum Gasteiger partial charge on any atom is -0.480 e. The Labute approximate surface area is 232 Å². The van der Waals surface area contributed by atoms with Crippen molar-refractivity contribution in [3.05, 3.63) is 71.4 Å². The normalized spacial score (nSPS) is 14.9. The van der Waals surface area contributed by atoms with Gasteiger partial charge in [0.15, 0.2) is 16.6 Å². The topological polar surface area (TPSA) is 122 Å². The van der Waals surface area contributed by atoms with Crippen LogP contribution < -0.4 is 10.6 Å². The zero-order valence-electron chi connectivity index (χ0n) is 20.8. The van der Waals surface area contributed by atoms with Crippen molar-refractivity contribution in [2.24, 2.45) is 5.92 Å². The summed E-state index contributed by atoms with van der Waals surface area (Å²) in [5.41, 5.74) is 3.21. The lowest BCUT2D eigenvalue weighted by Gasteiger charge is -2.28. The number of anilines is 2. The molecule has 3 aromatic heterocycles. The summed E-state index contributed by atoms with van der Waals surface area (Å²) >= 11 is 7.61. The molecule has 6 rings (SSSR count). The fourth-order valence-corrected chi connectivity index (χ4v) is 6.30. The van der Waals surface area contributed by atoms with E-state index in [1.165, 1.54) is 11.3 Å². The number of carboxylic acid groups (broad SMARTS) is 1. The standard InChI is InChI=1S/C28H25ClN6O3S/c29-18-10-13-21-22(15-18)39-28(31-21)30-19-11-8-17(9-12-19)24-33-34-25-20(7-4-14-35(24)25)26(36)32-23(27(37)38)16-5-2-1-3-6-16/h4,7-16,23H,1-3,5-6H2,(H,30,31)(H,32,36)(H,37,38)/t23-/m0/s1. The summed E-state index contributed by atoms with van der Waals surface area (Å²) in [5.74, 6) is -0.967. The number of hydrogen-bond donors (Lipinski definition) is 3. The monoisotopic (exact) mass is 560 g/mol. The number of carboxylic acids is 1. The summed E-state index contributed by atoms with van der Waals surface area (Å²) in [4.78, 5) is 29.7. The van der Waals surface area contributed by atoms with Crippen molar-refractivity contribution < 1.29 is 14.7 Å². The Hall–Kier alpha value is -4.02. The highest BCUT2D eigenvalue weighted by molar-refractivity contribution is 7.22. The Morgan fingerprint density at radius 2 is 1.85 bits per heavy atom.